The summed E-state index contributed by atoms with van der Waals surface area (Å²) < 4.78 is 14.0. The van der Waals surface area contributed by atoms with Crippen LogP contribution in [-0.4, -0.2) is 0 Å². The second-order valence-corrected chi connectivity index (χ2v) is 5.87. The predicted molar refractivity (Wildman–Crippen MR) is 69.6 cm³/mol. The van der Waals surface area contributed by atoms with E-state index in [1.165, 1.54) is 18.4 Å². The second-order valence-electron chi connectivity index (χ2n) is 5.87. The molecule has 2 heteroatoms. The van der Waals surface area contributed by atoms with Crippen molar-refractivity contribution in [2.24, 2.45) is 5.73 Å². The van der Waals surface area contributed by atoms with Crippen LogP contribution in [0.5, 0.6) is 0 Å². The molecule has 1 aliphatic rings. The lowest BCUT2D eigenvalue weighted by Crippen LogP contribution is -2.34. The van der Waals surface area contributed by atoms with Gasteiger partial charge in [-0.25, -0.2) is 4.39 Å². The Labute approximate surface area is 103 Å². The maximum absolute atomic E-state index is 14.0. The summed E-state index contributed by atoms with van der Waals surface area (Å²) >= 11 is 0. The highest BCUT2D eigenvalue weighted by Gasteiger charge is 2.33. The minimum Gasteiger partial charge on any atom is -0.321 e. The minimum absolute atomic E-state index is 0.231. The van der Waals surface area contributed by atoms with Gasteiger partial charge >= 0.3 is 0 Å². The Bertz CT molecular complexity index is 411. The van der Waals surface area contributed by atoms with Crippen molar-refractivity contribution in [3.05, 3.63) is 34.9 Å². The van der Waals surface area contributed by atoms with Gasteiger partial charge in [0.25, 0.3) is 0 Å². The lowest BCUT2D eigenvalue weighted by Gasteiger charge is -2.28. The summed E-state index contributed by atoms with van der Waals surface area (Å²) in [6.07, 6.45) is 4.40. The molecular formula is C15H22FN. The predicted octanol–water partition coefficient (Wildman–Crippen LogP) is 3.93. The average Bonchev–Trinajstić information content (AvgIpc) is 2.65. The van der Waals surface area contributed by atoms with E-state index in [1.807, 2.05) is 18.2 Å². The summed E-state index contributed by atoms with van der Waals surface area (Å²) in [6, 6.07) is 5.84. The fourth-order valence-corrected chi connectivity index (χ4v) is 2.80. The molecule has 0 unspecified atom stereocenters. The number of alkyl halides is 1. The van der Waals surface area contributed by atoms with Crippen LogP contribution in [0.4, 0.5) is 4.39 Å². The number of hydrogen-bond donors (Lipinski definition) is 1. The Hall–Kier alpha value is -0.890. The molecule has 17 heavy (non-hydrogen) atoms. The fraction of sp³-hybridized carbons (Fsp3) is 0.600. The van der Waals surface area contributed by atoms with Crippen molar-refractivity contribution >= 4 is 0 Å². The number of benzene rings is 1. The third-order valence-electron chi connectivity index (χ3n) is 3.96. The van der Waals surface area contributed by atoms with Gasteiger partial charge in [-0.3, -0.25) is 0 Å². The molecule has 1 aromatic carbocycles. The van der Waals surface area contributed by atoms with E-state index in [2.05, 4.69) is 6.92 Å². The van der Waals surface area contributed by atoms with Crippen LogP contribution in [0.1, 0.15) is 56.2 Å². The quantitative estimate of drug-likeness (QED) is 0.826. The van der Waals surface area contributed by atoms with Gasteiger partial charge in [-0.1, -0.05) is 31.0 Å². The zero-order valence-electron chi connectivity index (χ0n) is 11.0. The van der Waals surface area contributed by atoms with E-state index in [0.717, 1.165) is 24.0 Å². The van der Waals surface area contributed by atoms with E-state index in [4.69, 9.17) is 5.73 Å². The van der Waals surface area contributed by atoms with Gasteiger partial charge in [0.2, 0.25) is 0 Å². The SMILES string of the molecule is Cc1ccc(C(C)(C)F)cc1C1(N)CCCC1. The van der Waals surface area contributed by atoms with Crippen molar-refractivity contribution in [1.82, 2.24) is 0 Å². The van der Waals surface area contributed by atoms with Crippen LogP contribution in [-0.2, 0) is 11.2 Å². The summed E-state index contributed by atoms with van der Waals surface area (Å²) in [7, 11) is 0. The van der Waals surface area contributed by atoms with Gasteiger partial charge < -0.3 is 5.73 Å². The molecule has 1 fully saturated rings. The monoisotopic (exact) mass is 235 g/mol. The first kappa shape index (κ1) is 12.6. The molecule has 0 saturated heterocycles. The molecule has 0 aliphatic heterocycles. The lowest BCUT2D eigenvalue weighted by molar-refractivity contribution is 0.221. The largest absolute Gasteiger partial charge is 0.321 e. The zero-order chi connectivity index (χ0) is 12.7. The topological polar surface area (TPSA) is 26.0 Å². The number of aryl methyl sites for hydroxylation is 1. The molecule has 0 aromatic heterocycles. The number of hydrogen-bond acceptors (Lipinski definition) is 1. The normalized spacial score (nSPS) is 19.6. The lowest BCUT2D eigenvalue weighted by atomic mass is 9.83. The van der Waals surface area contributed by atoms with E-state index < -0.39 is 5.67 Å². The fourth-order valence-electron chi connectivity index (χ4n) is 2.80. The number of rotatable bonds is 2. The molecule has 0 spiro atoms. The Balaban J connectivity index is 2.46. The Kier molecular flexibility index (Phi) is 3.03. The van der Waals surface area contributed by atoms with Crippen molar-refractivity contribution in [1.29, 1.82) is 0 Å². The van der Waals surface area contributed by atoms with Gasteiger partial charge in [-0.2, -0.15) is 0 Å². The first-order chi connectivity index (χ1) is 7.83. The van der Waals surface area contributed by atoms with Crippen molar-refractivity contribution in [3.63, 3.8) is 0 Å². The molecule has 94 valence electrons. The van der Waals surface area contributed by atoms with Crippen LogP contribution in [0.3, 0.4) is 0 Å². The molecule has 1 saturated carbocycles. The highest BCUT2D eigenvalue weighted by Crippen LogP contribution is 2.39. The summed E-state index contributed by atoms with van der Waals surface area (Å²) in [5, 5.41) is 0. The van der Waals surface area contributed by atoms with Crippen LogP contribution >= 0.6 is 0 Å². The molecule has 2 N–H and O–H groups in total. The van der Waals surface area contributed by atoms with E-state index >= 15 is 0 Å². The molecule has 1 aliphatic carbocycles. The van der Waals surface area contributed by atoms with Gasteiger partial charge in [0.1, 0.15) is 5.67 Å². The van der Waals surface area contributed by atoms with E-state index in [0.29, 0.717) is 0 Å². The zero-order valence-corrected chi connectivity index (χ0v) is 11.0. The van der Waals surface area contributed by atoms with Crippen molar-refractivity contribution in [2.45, 2.75) is 57.7 Å². The van der Waals surface area contributed by atoms with Gasteiger partial charge in [0.05, 0.1) is 0 Å². The van der Waals surface area contributed by atoms with Gasteiger partial charge in [0.15, 0.2) is 0 Å². The Morgan fingerprint density at radius 3 is 2.35 bits per heavy atom. The molecule has 0 bridgehead atoms. The summed E-state index contributed by atoms with van der Waals surface area (Å²) in [6.45, 7) is 5.26. The molecule has 0 atom stereocenters. The highest BCUT2D eigenvalue weighted by atomic mass is 19.1. The van der Waals surface area contributed by atoms with E-state index in [-0.39, 0.29) is 5.54 Å². The molecule has 0 radical (unpaired) electrons. The first-order valence-electron chi connectivity index (χ1n) is 6.42. The first-order valence-corrected chi connectivity index (χ1v) is 6.42. The van der Waals surface area contributed by atoms with Crippen molar-refractivity contribution < 1.29 is 4.39 Å². The molecular weight excluding hydrogens is 213 g/mol. The summed E-state index contributed by atoms with van der Waals surface area (Å²) in [4.78, 5) is 0. The van der Waals surface area contributed by atoms with E-state index in [1.54, 1.807) is 13.8 Å². The maximum atomic E-state index is 14.0. The van der Waals surface area contributed by atoms with Gasteiger partial charge in [-0.15, -0.1) is 0 Å². The van der Waals surface area contributed by atoms with Crippen molar-refractivity contribution in [2.75, 3.05) is 0 Å². The Morgan fingerprint density at radius 2 is 1.82 bits per heavy atom. The second kappa shape index (κ2) is 4.09. The Morgan fingerprint density at radius 1 is 1.24 bits per heavy atom. The summed E-state index contributed by atoms with van der Waals surface area (Å²) in [5.74, 6) is 0. The highest BCUT2D eigenvalue weighted by molar-refractivity contribution is 5.38. The third-order valence-corrected chi connectivity index (χ3v) is 3.96. The third kappa shape index (κ3) is 2.37. The number of halogens is 1. The van der Waals surface area contributed by atoms with Gasteiger partial charge in [-0.05, 0) is 50.3 Å². The summed E-state index contributed by atoms with van der Waals surface area (Å²) in [5.41, 5.74) is 8.00. The average molecular weight is 235 g/mol. The molecule has 2 rings (SSSR count). The molecule has 0 amide bonds. The maximum Gasteiger partial charge on any atom is 0.130 e. The van der Waals surface area contributed by atoms with E-state index in [9.17, 15) is 4.39 Å². The van der Waals surface area contributed by atoms with Crippen LogP contribution in [0.15, 0.2) is 18.2 Å². The minimum atomic E-state index is -1.29. The molecule has 0 heterocycles. The standard InChI is InChI=1S/C15H22FN/c1-11-6-7-12(14(2,3)16)10-13(11)15(17)8-4-5-9-15/h6-7,10H,4-5,8-9,17H2,1-3H3. The smallest absolute Gasteiger partial charge is 0.130 e. The molecule has 1 nitrogen and oxygen atoms in total. The van der Waals surface area contributed by atoms with Crippen LogP contribution < -0.4 is 5.73 Å². The van der Waals surface area contributed by atoms with Crippen LogP contribution in [0, 0.1) is 6.92 Å². The van der Waals surface area contributed by atoms with Crippen LogP contribution in [0.2, 0.25) is 0 Å². The van der Waals surface area contributed by atoms with Gasteiger partial charge in [0, 0.05) is 5.54 Å². The molecule has 1 aromatic rings. The van der Waals surface area contributed by atoms with Crippen molar-refractivity contribution in [3.8, 4) is 0 Å². The van der Waals surface area contributed by atoms with Crippen LogP contribution in [0.25, 0.3) is 0 Å². The number of nitrogens with two attached hydrogens (primary N) is 1.